The first-order valence-electron chi connectivity index (χ1n) is 20.4. The van der Waals surface area contributed by atoms with Crippen molar-refractivity contribution in [2.24, 2.45) is 0 Å². The van der Waals surface area contributed by atoms with Gasteiger partial charge in [-0.2, -0.15) is 0 Å². The molecule has 29 heteroatoms. The Hall–Kier alpha value is -5.40. The summed E-state index contributed by atoms with van der Waals surface area (Å²) in [4.78, 5) is 46.8. The number of para-hydroxylation sites is 2. The molecule has 25 nitrogen and oxygen atoms in total. The average molecular weight is 1180 g/mol. The van der Waals surface area contributed by atoms with Gasteiger partial charge in [0.05, 0.1) is 34.7 Å². The minimum atomic E-state index is -4.94. The molecule has 410 valence electrons. The van der Waals surface area contributed by atoms with Crippen LogP contribution in [-0.4, -0.2) is 122 Å². The number of nitrogens with zero attached hydrogens (tertiary/aromatic N) is 8. The van der Waals surface area contributed by atoms with Gasteiger partial charge in [0.25, 0.3) is 0 Å². The van der Waals surface area contributed by atoms with E-state index in [1.807, 2.05) is 73.3 Å². The molecule has 0 saturated carbocycles. The zero-order chi connectivity index (χ0) is 52.5. The van der Waals surface area contributed by atoms with Gasteiger partial charge in [0.15, 0.2) is 0 Å². The van der Waals surface area contributed by atoms with Crippen LogP contribution in [0.4, 0.5) is 0 Å². The number of carboxylic acids is 2. The van der Waals surface area contributed by atoms with Crippen LogP contribution in [0.1, 0.15) is 43.5 Å². The molecule has 0 atom stereocenters. The van der Waals surface area contributed by atoms with Gasteiger partial charge in [0.1, 0.15) is 0 Å². The number of hydrogen-bond donors (Lipinski definition) is 0. The fourth-order valence-corrected chi connectivity index (χ4v) is 5.34. The van der Waals surface area contributed by atoms with Crippen LogP contribution in [0.5, 0.6) is 11.5 Å². The minimum absolute atomic E-state index is 0. The van der Waals surface area contributed by atoms with Crippen molar-refractivity contribution in [3.8, 4) is 11.5 Å². The second-order valence-electron chi connectivity index (χ2n) is 14.6. The zero-order valence-electron chi connectivity index (χ0n) is 40.8. The number of carbonyl (C=O) groups is 2. The van der Waals surface area contributed by atoms with Crippen LogP contribution in [0.25, 0.3) is 0 Å². The van der Waals surface area contributed by atoms with Crippen LogP contribution >= 0.6 is 0 Å². The quantitative estimate of drug-likeness (QED) is 0.0812. The van der Waals surface area contributed by atoms with Gasteiger partial charge in [-0.15, -0.1) is 20.5 Å². The second-order valence-corrected chi connectivity index (χ2v) is 16.1. The molecule has 4 aromatic heterocycles. The van der Waals surface area contributed by atoms with Crippen molar-refractivity contribution in [3.63, 3.8) is 0 Å². The monoisotopic (exact) mass is 1180 g/mol. The van der Waals surface area contributed by atoms with Crippen LogP contribution in [0.15, 0.2) is 146 Å². The van der Waals surface area contributed by atoms with Gasteiger partial charge in [-0.1, -0.05) is 84.3 Å². The number of rotatable bonds is 16. The molecular weight excluding hydrogens is 1120 g/mol. The normalized spacial score (nSPS) is 10.0. The number of likely N-dealkylation sites (N-methyl/N-ethyl adjacent to an activating group) is 4. The number of hydrogen-bond acceptors (Lipinski definition) is 22. The van der Waals surface area contributed by atoms with Crippen molar-refractivity contribution in [3.05, 3.63) is 180 Å². The standard InChI is InChI=1S/2C16H22N4.2C7H6O3.2ClHO4.2Fe.3H2O/c2*1-19(13-15-7-3-5-9-17-15)11-12-20(2)14-16-8-4-6-10-18-16;2*8-6-4-2-1-3-5(6)7(9)10;2*2-1(3,4)5;;;;;/h2*3-10H,11-14H2,1-2H3;2*1-4,8H,(H,9,10);2*(H,2,3,4,5);;;3*1H2/q;;;;;;2*+5;;;/p-6. The number of carbonyl (C=O) groups excluding carboxylic acids is 2. The Labute approximate surface area is 459 Å². The van der Waals surface area contributed by atoms with Crippen molar-refractivity contribution in [2.45, 2.75) is 26.2 Å². The fraction of sp³-hybridized carbons (Fsp3) is 0.261. The Morgan fingerprint density at radius 1 is 0.387 bits per heavy atom. The predicted octanol–water partition coefficient (Wildman–Crippen LogP) is -9.66. The molecule has 4 heterocycles. The van der Waals surface area contributed by atoms with Crippen molar-refractivity contribution in [2.75, 3.05) is 54.4 Å². The van der Waals surface area contributed by atoms with Gasteiger partial charge in [0, 0.05) is 77.1 Å². The maximum absolute atomic E-state index is 10.6. The van der Waals surface area contributed by atoms with Gasteiger partial charge in [-0.05, 0) is 87.8 Å². The summed E-state index contributed by atoms with van der Waals surface area (Å²) >= 11 is 0. The summed E-state index contributed by atoms with van der Waals surface area (Å²) in [6.07, 6.45) is 7.37. The van der Waals surface area contributed by atoms with E-state index in [1.54, 1.807) is 0 Å². The van der Waals surface area contributed by atoms with E-state index >= 15 is 0 Å². The molecule has 0 aliphatic carbocycles. The fourth-order valence-electron chi connectivity index (χ4n) is 5.34. The number of aromatic carboxylic acids is 2. The minimum Gasteiger partial charge on any atom is -0.872 e. The molecule has 0 amide bonds. The van der Waals surface area contributed by atoms with Gasteiger partial charge in [0.2, 0.25) is 0 Å². The maximum atomic E-state index is 10.6. The van der Waals surface area contributed by atoms with Gasteiger partial charge in [-0.3, -0.25) is 39.5 Å². The molecule has 2 aromatic carbocycles. The average Bonchev–Trinajstić information content (AvgIpc) is 3.29. The molecule has 0 fully saturated rings. The Bertz CT molecular complexity index is 2060. The summed E-state index contributed by atoms with van der Waals surface area (Å²) < 4.78 is 67.9. The van der Waals surface area contributed by atoms with E-state index in [9.17, 15) is 30.0 Å². The summed E-state index contributed by atoms with van der Waals surface area (Å²) in [6, 6.07) is 34.9. The summed E-state index contributed by atoms with van der Waals surface area (Å²) in [5, 5.41) is 41.5. The summed E-state index contributed by atoms with van der Waals surface area (Å²) in [7, 11) is -1.38. The number of aromatic nitrogens is 4. The van der Waals surface area contributed by atoms with Gasteiger partial charge in [-0.25, -0.2) is 37.3 Å². The third-order valence-corrected chi connectivity index (χ3v) is 8.57. The van der Waals surface area contributed by atoms with Crippen LogP contribution in [-0.2, 0) is 60.3 Å². The molecule has 0 saturated heterocycles. The Kier molecular flexibility index (Phi) is 45.8. The smallest absolute Gasteiger partial charge is 0.872 e. The molecule has 0 aliphatic heterocycles. The maximum Gasteiger partial charge on any atom is 5.00 e. The molecule has 0 spiro atoms. The van der Waals surface area contributed by atoms with Crippen molar-refractivity contribution >= 4 is 11.9 Å². The van der Waals surface area contributed by atoms with E-state index in [0.29, 0.717) is 0 Å². The second kappa shape index (κ2) is 43.8. The SMILES string of the molecule is CN(CCN(C)Cc1ccccn1)Cc1ccccn1.CN(CCN(C)Cc1ccccn1)Cc1ccccn1.O.O.O.O=C([O-])c1ccccc1[O-].O=C([O-])c1ccccc1[O-].[Fe+5].[Fe+5].[O-][Cl+3]([O-])([O-])[O-].[O-][Cl+3]([O-])([O-])[O-]. The number of halogens is 2. The summed E-state index contributed by atoms with van der Waals surface area (Å²) in [5.74, 6) is -3.87. The van der Waals surface area contributed by atoms with Crippen LogP contribution in [0, 0.1) is 20.5 Å². The van der Waals surface area contributed by atoms with E-state index in [-0.39, 0.29) is 61.7 Å². The van der Waals surface area contributed by atoms with Gasteiger partial charge < -0.3 is 46.4 Å². The molecule has 75 heavy (non-hydrogen) atoms. The van der Waals surface area contributed by atoms with E-state index in [1.165, 1.54) is 48.5 Å². The molecule has 0 bridgehead atoms. The van der Waals surface area contributed by atoms with E-state index in [2.05, 4.69) is 92.0 Å². The zero-order valence-corrected chi connectivity index (χ0v) is 44.5. The van der Waals surface area contributed by atoms with Crippen molar-refractivity contribution < 1.29 is 138 Å². The summed E-state index contributed by atoms with van der Waals surface area (Å²) in [6.45, 7) is 7.60. The number of carboxylic acid groups (broad SMARTS) is 2. The van der Waals surface area contributed by atoms with E-state index < -0.39 is 43.9 Å². The third-order valence-electron chi connectivity index (χ3n) is 8.57. The van der Waals surface area contributed by atoms with Crippen LogP contribution in [0.2, 0.25) is 0 Å². The molecule has 0 aliphatic rings. The molecule has 2 radical (unpaired) electrons. The first kappa shape index (κ1) is 78.5. The Morgan fingerprint density at radius 2 is 0.573 bits per heavy atom. The number of pyridine rings is 4. The third kappa shape index (κ3) is 44.6. The van der Waals surface area contributed by atoms with Crippen molar-refractivity contribution in [1.82, 2.24) is 39.5 Å². The topological polar surface area (TPSA) is 470 Å². The predicted molar refractivity (Wildman–Crippen MR) is 234 cm³/mol. The molecule has 0 unspecified atom stereocenters. The van der Waals surface area contributed by atoms with Crippen molar-refractivity contribution in [1.29, 1.82) is 0 Å². The summed E-state index contributed by atoms with van der Waals surface area (Å²) in [5.41, 5.74) is 3.87. The molecular formula is C46H58Cl2Fe2N8O17+4. The Morgan fingerprint density at radius 3 is 0.720 bits per heavy atom. The molecule has 6 rings (SSSR count). The molecule has 6 aromatic rings. The Balaban J connectivity index is -0.000000277. The van der Waals surface area contributed by atoms with Gasteiger partial charge >= 0.3 is 34.1 Å². The van der Waals surface area contributed by atoms with E-state index in [0.717, 1.165) is 75.1 Å². The first-order chi connectivity index (χ1) is 32.9. The van der Waals surface area contributed by atoms with E-state index in [4.69, 9.17) is 37.3 Å². The number of benzene rings is 2. The largest absolute Gasteiger partial charge is 5.00 e. The van der Waals surface area contributed by atoms with Crippen LogP contribution < -0.4 is 57.7 Å². The first-order valence-corrected chi connectivity index (χ1v) is 22.9. The van der Waals surface area contributed by atoms with Crippen LogP contribution in [0.3, 0.4) is 0 Å². The molecule has 6 N–H and O–H groups in total.